The van der Waals surface area contributed by atoms with Crippen molar-refractivity contribution in [2.24, 2.45) is 5.41 Å². The normalized spacial score (nSPS) is 18.8. The average Bonchev–Trinajstić information content (AvgIpc) is 2.60. The lowest BCUT2D eigenvalue weighted by molar-refractivity contribution is -0.149. The van der Waals surface area contributed by atoms with Gasteiger partial charge in [0.2, 0.25) is 0 Å². The van der Waals surface area contributed by atoms with Crippen LogP contribution in [-0.4, -0.2) is 11.1 Å². The van der Waals surface area contributed by atoms with Gasteiger partial charge >= 0.3 is 5.97 Å². The number of benzene rings is 1. The second-order valence-corrected chi connectivity index (χ2v) is 5.83. The van der Waals surface area contributed by atoms with Crippen LogP contribution in [0.2, 0.25) is 5.02 Å². The molecule has 0 spiro atoms. The Morgan fingerprint density at radius 2 is 1.89 bits per heavy atom. The van der Waals surface area contributed by atoms with E-state index in [1.54, 1.807) is 6.07 Å². The van der Waals surface area contributed by atoms with Crippen LogP contribution in [-0.2, 0) is 11.2 Å². The number of hydrogen-bond donors (Lipinski definition) is 1. The van der Waals surface area contributed by atoms with Gasteiger partial charge in [0.1, 0.15) is 5.82 Å². The van der Waals surface area contributed by atoms with Crippen LogP contribution in [0.15, 0.2) is 18.2 Å². The third-order valence-corrected chi connectivity index (χ3v) is 4.35. The maximum atomic E-state index is 13.5. The van der Waals surface area contributed by atoms with Crippen molar-refractivity contribution in [3.05, 3.63) is 34.6 Å². The highest BCUT2D eigenvalue weighted by atomic mass is 35.5. The number of rotatable bonds is 3. The highest BCUT2D eigenvalue weighted by molar-refractivity contribution is 6.30. The second-order valence-electron chi connectivity index (χ2n) is 5.42. The molecule has 0 radical (unpaired) electrons. The molecule has 1 aromatic rings. The van der Waals surface area contributed by atoms with Crippen molar-refractivity contribution in [1.82, 2.24) is 0 Å². The van der Waals surface area contributed by atoms with Gasteiger partial charge in [-0.15, -0.1) is 0 Å². The largest absolute Gasteiger partial charge is 0.481 e. The summed E-state index contributed by atoms with van der Waals surface area (Å²) >= 11 is 5.66. The van der Waals surface area contributed by atoms with Crippen LogP contribution in [0.5, 0.6) is 0 Å². The van der Waals surface area contributed by atoms with E-state index in [9.17, 15) is 14.3 Å². The SMILES string of the molecule is O=C(O)C1(Cc2ccc(Cl)c(F)c2)CCCCCC1. The molecular weight excluding hydrogens is 267 g/mol. The van der Waals surface area contributed by atoms with Crippen molar-refractivity contribution < 1.29 is 14.3 Å². The summed E-state index contributed by atoms with van der Waals surface area (Å²) in [5, 5.41) is 9.66. The second kappa shape index (κ2) is 5.91. The molecule has 0 saturated heterocycles. The molecule has 1 saturated carbocycles. The van der Waals surface area contributed by atoms with Gasteiger partial charge in [-0.25, -0.2) is 4.39 Å². The standard InChI is InChI=1S/C15H18ClFO2/c16-12-6-5-11(9-13(12)17)10-15(14(18)19)7-3-1-2-4-8-15/h5-6,9H,1-4,7-8,10H2,(H,18,19). The summed E-state index contributed by atoms with van der Waals surface area (Å²) in [4.78, 5) is 11.7. The monoisotopic (exact) mass is 284 g/mol. The van der Waals surface area contributed by atoms with Gasteiger partial charge in [-0.2, -0.15) is 0 Å². The quantitative estimate of drug-likeness (QED) is 0.833. The van der Waals surface area contributed by atoms with Crippen LogP contribution in [0.1, 0.15) is 44.1 Å². The summed E-state index contributed by atoms with van der Waals surface area (Å²) in [5.41, 5.74) is -0.0252. The third kappa shape index (κ3) is 3.27. The highest BCUT2D eigenvalue weighted by Gasteiger charge is 2.38. The Morgan fingerprint density at radius 3 is 2.42 bits per heavy atom. The van der Waals surface area contributed by atoms with Crippen LogP contribution in [0, 0.1) is 11.2 Å². The van der Waals surface area contributed by atoms with Crippen LogP contribution >= 0.6 is 11.6 Å². The molecule has 0 heterocycles. The van der Waals surface area contributed by atoms with Crippen molar-refractivity contribution in [2.75, 3.05) is 0 Å². The van der Waals surface area contributed by atoms with E-state index < -0.39 is 17.2 Å². The molecule has 4 heteroatoms. The highest BCUT2D eigenvalue weighted by Crippen LogP contribution is 2.38. The lowest BCUT2D eigenvalue weighted by Gasteiger charge is -2.28. The maximum Gasteiger partial charge on any atom is 0.309 e. The average molecular weight is 285 g/mol. The summed E-state index contributed by atoms with van der Waals surface area (Å²) in [7, 11) is 0. The molecule has 0 bridgehead atoms. The Balaban J connectivity index is 2.24. The summed E-state index contributed by atoms with van der Waals surface area (Å²) < 4.78 is 13.5. The number of carboxylic acid groups (broad SMARTS) is 1. The molecule has 2 rings (SSSR count). The predicted octanol–water partition coefficient (Wildman–Crippen LogP) is 4.45. The summed E-state index contributed by atoms with van der Waals surface area (Å²) in [6.07, 6.45) is 5.77. The van der Waals surface area contributed by atoms with E-state index in [0.29, 0.717) is 24.8 Å². The smallest absolute Gasteiger partial charge is 0.309 e. The molecule has 0 amide bonds. The molecule has 104 valence electrons. The molecular formula is C15H18ClFO2. The lowest BCUT2D eigenvalue weighted by atomic mass is 9.75. The number of carboxylic acids is 1. The van der Waals surface area contributed by atoms with Gasteiger partial charge in [-0.3, -0.25) is 4.79 Å². The van der Waals surface area contributed by atoms with Crippen LogP contribution in [0.3, 0.4) is 0 Å². The predicted molar refractivity (Wildman–Crippen MR) is 72.9 cm³/mol. The van der Waals surface area contributed by atoms with Gasteiger partial charge in [0.25, 0.3) is 0 Å². The van der Waals surface area contributed by atoms with Gasteiger partial charge in [0.05, 0.1) is 10.4 Å². The number of carbonyl (C=O) groups is 1. The zero-order valence-electron chi connectivity index (χ0n) is 10.8. The molecule has 0 aromatic heterocycles. The molecule has 0 atom stereocenters. The minimum atomic E-state index is -0.759. The van der Waals surface area contributed by atoms with Gasteiger partial charge < -0.3 is 5.11 Å². The number of halogens is 2. The van der Waals surface area contributed by atoms with Crippen molar-refractivity contribution in [2.45, 2.75) is 44.9 Å². The van der Waals surface area contributed by atoms with Crippen molar-refractivity contribution in [3.63, 3.8) is 0 Å². The Hall–Kier alpha value is -1.09. The van der Waals surface area contributed by atoms with E-state index in [0.717, 1.165) is 25.7 Å². The van der Waals surface area contributed by atoms with Crippen LogP contribution in [0.25, 0.3) is 0 Å². The van der Waals surface area contributed by atoms with Crippen molar-refractivity contribution in [1.29, 1.82) is 0 Å². The summed E-state index contributed by atoms with van der Waals surface area (Å²) in [6.45, 7) is 0. The fourth-order valence-corrected chi connectivity index (χ4v) is 3.03. The Bertz CT molecular complexity index is 465. The first-order valence-electron chi connectivity index (χ1n) is 6.71. The first-order chi connectivity index (χ1) is 9.03. The summed E-state index contributed by atoms with van der Waals surface area (Å²) in [5.74, 6) is -1.24. The molecule has 1 aliphatic rings. The fourth-order valence-electron chi connectivity index (χ4n) is 2.91. The fraction of sp³-hybridized carbons (Fsp3) is 0.533. The van der Waals surface area contributed by atoms with Crippen LogP contribution < -0.4 is 0 Å². The molecule has 1 N–H and O–H groups in total. The molecule has 0 unspecified atom stereocenters. The van der Waals surface area contributed by atoms with Gasteiger partial charge in [-0.1, -0.05) is 43.4 Å². The van der Waals surface area contributed by atoms with Crippen molar-refractivity contribution >= 4 is 17.6 Å². The van der Waals surface area contributed by atoms with E-state index in [1.165, 1.54) is 12.1 Å². The maximum absolute atomic E-state index is 13.5. The number of aliphatic carboxylic acids is 1. The Morgan fingerprint density at radius 1 is 1.26 bits per heavy atom. The minimum Gasteiger partial charge on any atom is -0.481 e. The number of hydrogen-bond acceptors (Lipinski definition) is 1. The van der Waals surface area contributed by atoms with E-state index in [1.807, 2.05) is 0 Å². The van der Waals surface area contributed by atoms with Crippen LogP contribution in [0.4, 0.5) is 4.39 Å². The van der Waals surface area contributed by atoms with E-state index in [-0.39, 0.29) is 5.02 Å². The van der Waals surface area contributed by atoms with Gasteiger partial charge in [0.15, 0.2) is 0 Å². The van der Waals surface area contributed by atoms with Crippen molar-refractivity contribution in [3.8, 4) is 0 Å². The molecule has 1 aromatic carbocycles. The summed E-state index contributed by atoms with van der Waals surface area (Å²) in [6, 6.07) is 4.58. The molecule has 1 fully saturated rings. The van der Waals surface area contributed by atoms with E-state index in [2.05, 4.69) is 0 Å². The zero-order chi connectivity index (χ0) is 13.9. The molecule has 1 aliphatic carbocycles. The Kier molecular flexibility index (Phi) is 4.46. The zero-order valence-corrected chi connectivity index (χ0v) is 11.5. The van der Waals surface area contributed by atoms with Gasteiger partial charge in [-0.05, 0) is 37.0 Å². The van der Waals surface area contributed by atoms with Gasteiger partial charge in [0, 0.05) is 0 Å². The van der Waals surface area contributed by atoms with E-state index >= 15 is 0 Å². The molecule has 19 heavy (non-hydrogen) atoms. The third-order valence-electron chi connectivity index (χ3n) is 4.04. The molecule has 0 aliphatic heterocycles. The Labute approximate surface area is 117 Å². The topological polar surface area (TPSA) is 37.3 Å². The minimum absolute atomic E-state index is 0.0778. The molecule has 2 nitrogen and oxygen atoms in total. The first-order valence-corrected chi connectivity index (χ1v) is 7.09. The van der Waals surface area contributed by atoms with E-state index in [4.69, 9.17) is 11.6 Å². The first kappa shape index (κ1) is 14.3. The lowest BCUT2D eigenvalue weighted by Crippen LogP contribution is -2.33.